The van der Waals surface area contributed by atoms with E-state index in [1.54, 1.807) is 12.1 Å². The van der Waals surface area contributed by atoms with Crippen molar-refractivity contribution >= 4 is 21.6 Å². The molecule has 1 saturated heterocycles. The number of thiophene rings is 1. The maximum Gasteiger partial charge on any atom is 0.260 e. The molecule has 33 heavy (non-hydrogen) atoms. The second-order valence-corrected chi connectivity index (χ2v) is 9.24. The summed E-state index contributed by atoms with van der Waals surface area (Å²) in [6.07, 6.45) is 2.12. The molecule has 1 fully saturated rings. The minimum atomic E-state index is -0.300. The fourth-order valence-corrected chi connectivity index (χ4v) is 5.73. The zero-order valence-electron chi connectivity index (χ0n) is 17.8. The average Bonchev–Trinajstić information content (AvgIpc) is 3.47. The van der Waals surface area contributed by atoms with E-state index in [9.17, 15) is 9.18 Å². The minimum Gasteiger partial charge on any atom is -0.486 e. The molecule has 1 unspecified atom stereocenters. The van der Waals surface area contributed by atoms with E-state index >= 15 is 0 Å². The van der Waals surface area contributed by atoms with Crippen LogP contribution in [0, 0.1) is 5.82 Å². The zero-order chi connectivity index (χ0) is 22.4. The van der Waals surface area contributed by atoms with E-state index in [1.807, 2.05) is 11.4 Å². The van der Waals surface area contributed by atoms with Gasteiger partial charge in [-0.2, -0.15) is 0 Å². The Morgan fingerprint density at radius 2 is 1.94 bits per heavy atom. The molecule has 4 heterocycles. The first kappa shape index (κ1) is 20.4. The molecule has 0 amide bonds. The highest BCUT2D eigenvalue weighted by Crippen LogP contribution is 2.38. The first-order chi connectivity index (χ1) is 16.2. The van der Waals surface area contributed by atoms with Gasteiger partial charge in [-0.05, 0) is 54.8 Å². The lowest BCUT2D eigenvalue weighted by Gasteiger charge is -2.26. The standard InChI is InChI=1S/C25H22FN3O3S/c26-17-6-3-15(4-7-17)18-14-33-25-23(18)24(30)27-22(28-25)13-29-9-1-2-19(29)16-5-8-20-21(12-16)32-11-10-31-20/h3-8,12,14,19H,1-2,9-11,13H2,(H,27,28,30). The van der Waals surface area contributed by atoms with Crippen LogP contribution in [0.3, 0.4) is 0 Å². The number of ether oxygens (including phenoxy) is 2. The van der Waals surface area contributed by atoms with E-state index in [2.05, 4.69) is 22.0 Å². The van der Waals surface area contributed by atoms with Gasteiger partial charge in [-0.25, -0.2) is 9.37 Å². The van der Waals surface area contributed by atoms with Crippen molar-refractivity contribution in [1.82, 2.24) is 14.9 Å². The molecule has 6 nitrogen and oxygen atoms in total. The Morgan fingerprint density at radius 1 is 1.12 bits per heavy atom. The van der Waals surface area contributed by atoms with E-state index in [-0.39, 0.29) is 17.4 Å². The Balaban J connectivity index is 1.28. The van der Waals surface area contributed by atoms with E-state index in [4.69, 9.17) is 14.5 Å². The Kier molecular flexibility index (Phi) is 5.11. The molecule has 2 aromatic carbocycles. The molecule has 1 atom stereocenters. The van der Waals surface area contributed by atoms with E-state index in [1.165, 1.54) is 29.0 Å². The topological polar surface area (TPSA) is 67.5 Å². The summed E-state index contributed by atoms with van der Waals surface area (Å²) < 4.78 is 24.7. The fourth-order valence-electron chi connectivity index (χ4n) is 4.76. The zero-order valence-corrected chi connectivity index (χ0v) is 18.7. The molecule has 1 N–H and O–H groups in total. The first-order valence-corrected chi connectivity index (χ1v) is 11.9. The van der Waals surface area contributed by atoms with Gasteiger partial charge in [0, 0.05) is 17.0 Å². The third-order valence-corrected chi connectivity index (χ3v) is 7.19. The van der Waals surface area contributed by atoms with Crippen molar-refractivity contribution in [3.05, 3.63) is 75.4 Å². The first-order valence-electron chi connectivity index (χ1n) is 11.1. The van der Waals surface area contributed by atoms with Crippen molar-refractivity contribution < 1.29 is 13.9 Å². The second-order valence-electron chi connectivity index (χ2n) is 8.38. The van der Waals surface area contributed by atoms with Crippen LogP contribution in [0.1, 0.15) is 30.3 Å². The van der Waals surface area contributed by atoms with Crippen LogP contribution in [0.2, 0.25) is 0 Å². The minimum absolute atomic E-state index is 0.161. The number of nitrogens with zero attached hydrogens (tertiary/aromatic N) is 2. The Hall–Kier alpha value is -3.23. The SMILES string of the molecule is O=c1[nH]c(CN2CCCC2c2ccc3c(c2)OCCO3)nc2scc(-c3ccc(F)cc3)c12. The van der Waals surface area contributed by atoms with Gasteiger partial charge in [0.2, 0.25) is 0 Å². The molecule has 2 aliphatic rings. The van der Waals surface area contributed by atoms with Crippen LogP contribution in [0.15, 0.2) is 52.6 Å². The summed E-state index contributed by atoms with van der Waals surface area (Å²) in [5.74, 6) is 1.95. The van der Waals surface area contributed by atoms with E-state index < -0.39 is 0 Å². The number of likely N-dealkylation sites (tertiary alicyclic amines) is 1. The summed E-state index contributed by atoms with van der Waals surface area (Å²) >= 11 is 1.44. The van der Waals surface area contributed by atoms with Gasteiger partial charge in [-0.15, -0.1) is 11.3 Å². The van der Waals surface area contributed by atoms with Crippen LogP contribution in [0.5, 0.6) is 11.5 Å². The smallest absolute Gasteiger partial charge is 0.260 e. The molecule has 0 saturated carbocycles. The van der Waals surface area contributed by atoms with Gasteiger partial charge >= 0.3 is 0 Å². The molecule has 0 radical (unpaired) electrons. The molecule has 6 rings (SSSR count). The molecular weight excluding hydrogens is 441 g/mol. The number of benzene rings is 2. The molecule has 2 aromatic heterocycles. The van der Waals surface area contributed by atoms with Crippen molar-refractivity contribution in [2.75, 3.05) is 19.8 Å². The van der Waals surface area contributed by atoms with Crippen LogP contribution >= 0.6 is 11.3 Å². The van der Waals surface area contributed by atoms with Crippen molar-refractivity contribution in [2.45, 2.75) is 25.4 Å². The van der Waals surface area contributed by atoms with E-state index in [0.29, 0.717) is 35.8 Å². The summed E-state index contributed by atoms with van der Waals surface area (Å²) in [5, 5.41) is 2.47. The lowest BCUT2D eigenvalue weighted by atomic mass is 10.0. The average molecular weight is 464 g/mol. The molecule has 0 aliphatic carbocycles. The molecule has 2 aliphatic heterocycles. The third-order valence-electron chi connectivity index (χ3n) is 6.32. The molecule has 8 heteroatoms. The van der Waals surface area contributed by atoms with Gasteiger partial charge in [-0.1, -0.05) is 18.2 Å². The lowest BCUT2D eigenvalue weighted by Crippen LogP contribution is -2.26. The van der Waals surface area contributed by atoms with Gasteiger partial charge < -0.3 is 14.5 Å². The van der Waals surface area contributed by atoms with Gasteiger partial charge in [0.1, 0.15) is 29.7 Å². The van der Waals surface area contributed by atoms with Crippen molar-refractivity contribution in [3.8, 4) is 22.6 Å². The fraction of sp³-hybridized carbons (Fsp3) is 0.280. The number of halogens is 1. The number of nitrogens with one attached hydrogen (secondary N) is 1. The Morgan fingerprint density at radius 3 is 2.79 bits per heavy atom. The Bertz CT molecular complexity index is 1380. The van der Waals surface area contributed by atoms with Crippen molar-refractivity contribution in [3.63, 3.8) is 0 Å². The number of fused-ring (bicyclic) bond motifs is 2. The van der Waals surface area contributed by atoms with Crippen molar-refractivity contribution in [1.29, 1.82) is 0 Å². The highest BCUT2D eigenvalue weighted by atomic mass is 32.1. The molecule has 0 spiro atoms. The summed E-state index contributed by atoms with van der Waals surface area (Å²) in [4.78, 5) is 23.8. The van der Waals surface area contributed by atoms with Gasteiger partial charge in [0.25, 0.3) is 5.56 Å². The van der Waals surface area contributed by atoms with E-state index in [0.717, 1.165) is 42.0 Å². The number of rotatable bonds is 4. The van der Waals surface area contributed by atoms with Gasteiger partial charge in [0.05, 0.1) is 11.9 Å². The molecule has 0 bridgehead atoms. The predicted octanol–water partition coefficient (Wildman–Crippen LogP) is 4.90. The monoisotopic (exact) mass is 463 g/mol. The lowest BCUT2D eigenvalue weighted by molar-refractivity contribution is 0.170. The number of hydrogen-bond donors (Lipinski definition) is 1. The largest absolute Gasteiger partial charge is 0.486 e. The van der Waals surface area contributed by atoms with Crippen LogP contribution in [0.4, 0.5) is 4.39 Å². The normalized spacial score (nSPS) is 18.2. The summed E-state index contributed by atoms with van der Waals surface area (Å²) in [6.45, 7) is 2.64. The predicted molar refractivity (Wildman–Crippen MR) is 125 cm³/mol. The Labute approximate surface area is 193 Å². The summed E-state index contributed by atoms with van der Waals surface area (Å²) in [6, 6.07) is 12.6. The number of hydrogen-bond acceptors (Lipinski definition) is 6. The molecule has 4 aromatic rings. The summed E-state index contributed by atoms with van der Waals surface area (Å²) in [5.41, 5.74) is 2.62. The van der Waals surface area contributed by atoms with Crippen LogP contribution in [-0.2, 0) is 6.54 Å². The van der Waals surface area contributed by atoms with Crippen molar-refractivity contribution in [2.24, 2.45) is 0 Å². The second kappa shape index (κ2) is 8.28. The highest BCUT2D eigenvalue weighted by Gasteiger charge is 2.28. The van der Waals surface area contributed by atoms with Crippen LogP contribution in [0.25, 0.3) is 21.3 Å². The highest BCUT2D eigenvalue weighted by molar-refractivity contribution is 7.17. The van der Waals surface area contributed by atoms with Crippen LogP contribution in [-0.4, -0.2) is 34.6 Å². The number of aromatic nitrogens is 2. The number of aromatic amines is 1. The van der Waals surface area contributed by atoms with Crippen LogP contribution < -0.4 is 15.0 Å². The third kappa shape index (κ3) is 3.79. The molecular formula is C25H22FN3O3S. The maximum atomic E-state index is 13.3. The maximum absolute atomic E-state index is 13.3. The summed E-state index contributed by atoms with van der Waals surface area (Å²) in [7, 11) is 0. The quantitative estimate of drug-likeness (QED) is 0.466. The molecule has 168 valence electrons. The van der Waals surface area contributed by atoms with Gasteiger partial charge in [-0.3, -0.25) is 9.69 Å². The number of H-pyrrole nitrogens is 1. The van der Waals surface area contributed by atoms with Gasteiger partial charge in [0.15, 0.2) is 11.5 Å².